The van der Waals surface area contributed by atoms with Crippen LogP contribution in [0.1, 0.15) is 56.5 Å². The zero-order valence-corrected chi connectivity index (χ0v) is 13.8. The largest absolute Gasteiger partial charge is 0.338 e. The molecule has 2 amide bonds. The number of aromatic nitrogens is 2. The highest BCUT2D eigenvalue weighted by Gasteiger charge is 2.30. The van der Waals surface area contributed by atoms with Gasteiger partial charge >= 0.3 is 6.03 Å². The Morgan fingerprint density at radius 2 is 2.05 bits per heavy atom. The Morgan fingerprint density at radius 3 is 2.68 bits per heavy atom. The van der Waals surface area contributed by atoms with Gasteiger partial charge in [-0.25, -0.2) is 9.78 Å². The normalized spacial score (nSPS) is 19.5. The molecule has 0 unspecified atom stereocenters. The molecular weight excluding hydrogens is 276 g/mol. The van der Waals surface area contributed by atoms with Gasteiger partial charge in [0.1, 0.15) is 5.82 Å². The molecule has 1 saturated heterocycles. The van der Waals surface area contributed by atoms with Crippen LogP contribution in [-0.2, 0) is 6.54 Å². The van der Waals surface area contributed by atoms with E-state index in [0.29, 0.717) is 11.8 Å². The summed E-state index contributed by atoms with van der Waals surface area (Å²) in [5, 5.41) is 2.98. The Morgan fingerprint density at radius 1 is 1.32 bits per heavy atom. The number of hydrogen-bond donors (Lipinski definition) is 1. The number of piperidine rings is 1. The molecule has 1 saturated carbocycles. The lowest BCUT2D eigenvalue weighted by Gasteiger charge is -2.32. The van der Waals surface area contributed by atoms with Crippen molar-refractivity contribution in [3.05, 3.63) is 17.7 Å². The molecule has 5 heteroatoms. The third-order valence-corrected chi connectivity index (χ3v) is 4.90. The molecule has 22 heavy (non-hydrogen) atoms. The number of carbonyl (C=O) groups excluding carboxylic acids is 1. The van der Waals surface area contributed by atoms with Gasteiger partial charge in [0.05, 0.1) is 0 Å². The summed E-state index contributed by atoms with van der Waals surface area (Å²) in [5.41, 5.74) is 1.28. The SMILES string of the molecule is CCCNC(=O)N1CCC(Cn2c(C)cnc2C2CC2)CC1. The summed E-state index contributed by atoms with van der Waals surface area (Å²) < 4.78 is 2.43. The number of amides is 2. The number of imidazole rings is 1. The van der Waals surface area contributed by atoms with Gasteiger partial charge in [-0.2, -0.15) is 0 Å². The van der Waals surface area contributed by atoms with Gasteiger partial charge in [-0.1, -0.05) is 6.92 Å². The Hall–Kier alpha value is -1.52. The molecule has 2 aliphatic rings. The van der Waals surface area contributed by atoms with Gasteiger partial charge in [-0.05, 0) is 44.9 Å². The van der Waals surface area contributed by atoms with Gasteiger partial charge in [0.2, 0.25) is 0 Å². The molecule has 5 nitrogen and oxygen atoms in total. The van der Waals surface area contributed by atoms with Crippen molar-refractivity contribution in [1.82, 2.24) is 19.8 Å². The molecule has 1 aliphatic carbocycles. The second-order valence-electron chi connectivity index (χ2n) is 6.81. The Bertz CT molecular complexity index is 513. The van der Waals surface area contributed by atoms with E-state index in [1.165, 1.54) is 24.4 Å². The monoisotopic (exact) mass is 304 g/mol. The van der Waals surface area contributed by atoms with Crippen molar-refractivity contribution in [2.24, 2.45) is 5.92 Å². The van der Waals surface area contributed by atoms with Gasteiger partial charge in [-0.3, -0.25) is 0 Å². The molecule has 2 fully saturated rings. The molecule has 0 spiro atoms. The van der Waals surface area contributed by atoms with Crippen LogP contribution in [0.5, 0.6) is 0 Å². The van der Waals surface area contributed by atoms with Crippen molar-refractivity contribution in [1.29, 1.82) is 0 Å². The minimum atomic E-state index is 0.109. The molecule has 1 aromatic rings. The van der Waals surface area contributed by atoms with E-state index in [1.807, 2.05) is 11.1 Å². The molecule has 122 valence electrons. The lowest BCUT2D eigenvalue weighted by Crippen LogP contribution is -2.45. The maximum Gasteiger partial charge on any atom is 0.317 e. The van der Waals surface area contributed by atoms with Crippen LogP contribution in [0.2, 0.25) is 0 Å². The summed E-state index contributed by atoms with van der Waals surface area (Å²) in [7, 11) is 0. The van der Waals surface area contributed by atoms with Crippen molar-refractivity contribution in [2.75, 3.05) is 19.6 Å². The predicted octanol–water partition coefficient (Wildman–Crippen LogP) is 2.90. The van der Waals surface area contributed by atoms with Crippen molar-refractivity contribution in [3.8, 4) is 0 Å². The van der Waals surface area contributed by atoms with E-state index < -0.39 is 0 Å². The molecule has 1 N–H and O–H groups in total. The quantitative estimate of drug-likeness (QED) is 0.909. The summed E-state index contributed by atoms with van der Waals surface area (Å²) in [6, 6.07) is 0.109. The second kappa shape index (κ2) is 6.71. The molecular formula is C17H28N4O. The maximum atomic E-state index is 12.0. The minimum Gasteiger partial charge on any atom is -0.338 e. The molecule has 3 rings (SSSR count). The Labute approximate surface area is 133 Å². The lowest BCUT2D eigenvalue weighted by atomic mass is 9.96. The van der Waals surface area contributed by atoms with E-state index >= 15 is 0 Å². The molecule has 2 heterocycles. The molecule has 1 aromatic heterocycles. The Balaban J connectivity index is 1.52. The highest BCUT2D eigenvalue weighted by molar-refractivity contribution is 5.74. The van der Waals surface area contributed by atoms with Gasteiger partial charge in [0.15, 0.2) is 0 Å². The summed E-state index contributed by atoms with van der Waals surface area (Å²) in [4.78, 5) is 18.6. The molecule has 0 atom stereocenters. The number of aryl methyl sites for hydroxylation is 1. The first-order chi connectivity index (χ1) is 10.7. The molecule has 0 radical (unpaired) electrons. The van der Waals surface area contributed by atoms with Crippen LogP contribution >= 0.6 is 0 Å². The fourth-order valence-corrected chi connectivity index (χ4v) is 3.31. The van der Waals surface area contributed by atoms with E-state index in [4.69, 9.17) is 0 Å². The zero-order valence-electron chi connectivity index (χ0n) is 13.8. The molecule has 1 aliphatic heterocycles. The van der Waals surface area contributed by atoms with Gasteiger partial charge < -0.3 is 14.8 Å². The molecule has 0 aromatic carbocycles. The van der Waals surface area contributed by atoms with Crippen LogP contribution in [0.3, 0.4) is 0 Å². The lowest BCUT2D eigenvalue weighted by molar-refractivity contribution is 0.165. The van der Waals surface area contributed by atoms with Crippen LogP contribution in [-0.4, -0.2) is 40.1 Å². The van der Waals surface area contributed by atoms with Gasteiger partial charge in [-0.15, -0.1) is 0 Å². The average molecular weight is 304 g/mol. The number of hydrogen-bond acceptors (Lipinski definition) is 2. The van der Waals surface area contributed by atoms with E-state index in [-0.39, 0.29) is 6.03 Å². The van der Waals surface area contributed by atoms with E-state index in [1.54, 1.807) is 0 Å². The van der Waals surface area contributed by atoms with Crippen molar-refractivity contribution < 1.29 is 4.79 Å². The average Bonchev–Trinajstić information content (AvgIpc) is 3.31. The smallest absolute Gasteiger partial charge is 0.317 e. The van der Waals surface area contributed by atoms with Crippen LogP contribution < -0.4 is 5.32 Å². The van der Waals surface area contributed by atoms with Crippen molar-refractivity contribution >= 4 is 6.03 Å². The van der Waals surface area contributed by atoms with Crippen LogP contribution in [0, 0.1) is 12.8 Å². The summed E-state index contributed by atoms with van der Waals surface area (Å²) in [6.07, 6.45) is 7.80. The minimum absolute atomic E-state index is 0.109. The number of rotatable bonds is 5. The third kappa shape index (κ3) is 3.45. The molecule has 0 bridgehead atoms. The van der Waals surface area contributed by atoms with E-state index in [2.05, 4.69) is 28.7 Å². The number of nitrogens with one attached hydrogen (secondary N) is 1. The van der Waals surface area contributed by atoms with Crippen LogP contribution in [0.25, 0.3) is 0 Å². The standard InChI is InChI=1S/C17H28N4O/c1-3-8-18-17(22)20-9-6-14(7-10-20)12-21-13(2)11-19-16(21)15-4-5-15/h11,14-15H,3-10,12H2,1-2H3,(H,18,22). The summed E-state index contributed by atoms with van der Waals surface area (Å²) in [5.74, 6) is 2.66. The highest BCUT2D eigenvalue weighted by Crippen LogP contribution is 2.40. The summed E-state index contributed by atoms with van der Waals surface area (Å²) >= 11 is 0. The van der Waals surface area contributed by atoms with E-state index in [9.17, 15) is 4.79 Å². The first kappa shape index (κ1) is 15.4. The fraction of sp³-hybridized carbons (Fsp3) is 0.765. The zero-order chi connectivity index (χ0) is 15.5. The summed E-state index contributed by atoms with van der Waals surface area (Å²) in [6.45, 7) is 7.85. The van der Waals surface area contributed by atoms with Gasteiger partial charge in [0, 0.05) is 44.0 Å². The number of urea groups is 1. The van der Waals surface area contributed by atoms with Crippen LogP contribution in [0.15, 0.2) is 6.20 Å². The third-order valence-electron chi connectivity index (χ3n) is 4.90. The van der Waals surface area contributed by atoms with E-state index in [0.717, 1.165) is 45.4 Å². The van der Waals surface area contributed by atoms with Crippen LogP contribution in [0.4, 0.5) is 4.79 Å². The highest BCUT2D eigenvalue weighted by atomic mass is 16.2. The number of nitrogens with zero attached hydrogens (tertiary/aromatic N) is 3. The Kier molecular flexibility index (Phi) is 4.69. The van der Waals surface area contributed by atoms with Crippen molar-refractivity contribution in [3.63, 3.8) is 0 Å². The predicted molar refractivity (Wildman–Crippen MR) is 86.9 cm³/mol. The second-order valence-corrected chi connectivity index (χ2v) is 6.81. The van der Waals surface area contributed by atoms with Crippen molar-refractivity contribution in [2.45, 2.75) is 58.4 Å². The number of likely N-dealkylation sites (tertiary alicyclic amines) is 1. The topological polar surface area (TPSA) is 50.2 Å². The van der Waals surface area contributed by atoms with Gasteiger partial charge in [0.25, 0.3) is 0 Å². The first-order valence-electron chi connectivity index (χ1n) is 8.73. The first-order valence-corrected chi connectivity index (χ1v) is 8.73. The number of carbonyl (C=O) groups is 1. The maximum absolute atomic E-state index is 12.0. The fourth-order valence-electron chi connectivity index (χ4n) is 3.31.